The number of nitrogens with zero attached hydrogens (tertiary/aromatic N) is 1. The fraction of sp³-hybridized carbons (Fsp3) is 0.312. The fourth-order valence-electron chi connectivity index (χ4n) is 2.23. The van der Waals surface area contributed by atoms with Gasteiger partial charge in [-0.3, -0.25) is 4.98 Å². The molecule has 0 spiro atoms. The molecule has 0 saturated heterocycles. The van der Waals surface area contributed by atoms with E-state index in [0.29, 0.717) is 11.1 Å². The van der Waals surface area contributed by atoms with Crippen molar-refractivity contribution in [3.05, 3.63) is 64.7 Å². The number of aliphatic hydroxyl groups is 1. The van der Waals surface area contributed by atoms with Gasteiger partial charge in [0.05, 0.1) is 0 Å². The summed E-state index contributed by atoms with van der Waals surface area (Å²) in [5.41, 5.74) is 2.53. The average molecular weight is 310 g/mol. The van der Waals surface area contributed by atoms with E-state index in [1.54, 1.807) is 13.8 Å². The molecule has 3 N–H and O–H groups in total. The van der Waals surface area contributed by atoms with Crippen LogP contribution in [0.5, 0.6) is 0 Å². The minimum Gasteiger partial charge on any atom is -0.377 e. The van der Waals surface area contributed by atoms with Gasteiger partial charge in [-0.15, -0.1) is 0 Å². The first-order chi connectivity index (χ1) is 10.2. The van der Waals surface area contributed by atoms with E-state index in [9.17, 15) is 18.3 Å². The van der Waals surface area contributed by atoms with Crippen LogP contribution in [-0.4, -0.2) is 16.6 Å². The van der Waals surface area contributed by atoms with Gasteiger partial charge in [-0.2, -0.15) is 8.78 Å². The van der Waals surface area contributed by atoms with Crippen LogP contribution in [0.15, 0.2) is 36.5 Å². The molecule has 1 aromatic heterocycles. The van der Waals surface area contributed by atoms with Gasteiger partial charge in [0.2, 0.25) is 0 Å². The van der Waals surface area contributed by atoms with Gasteiger partial charge in [0.15, 0.2) is 5.60 Å². The van der Waals surface area contributed by atoms with Gasteiger partial charge in [-0.05, 0) is 37.1 Å². The zero-order valence-electron chi connectivity index (χ0n) is 12.3. The highest BCUT2D eigenvalue weighted by Crippen LogP contribution is 2.44. The smallest absolute Gasteiger partial charge is 0.323 e. The largest absolute Gasteiger partial charge is 0.377 e. The van der Waals surface area contributed by atoms with Gasteiger partial charge < -0.3 is 10.8 Å². The van der Waals surface area contributed by atoms with Crippen molar-refractivity contribution in [3.63, 3.8) is 0 Å². The van der Waals surface area contributed by atoms with Crippen LogP contribution in [0.1, 0.15) is 22.4 Å². The Labute approximate surface area is 126 Å². The average Bonchev–Trinajstić information content (AvgIpc) is 2.46. The maximum absolute atomic E-state index is 14.7. The van der Waals surface area contributed by atoms with E-state index in [-0.39, 0.29) is 0 Å². The topological polar surface area (TPSA) is 59.1 Å². The predicted octanol–water partition coefficient (Wildman–Crippen LogP) is 2.78. The van der Waals surface area contributed by atoms with Crippen molar-refractivity contribution >= 4 is 0 Å². The summed E-state index contributed by atoms with van der Waals surface area (Å²) in [4.78, 5) is 3.65. The van der Waals surface area contributed by atoms with E-state index in [0.717, 1.165) is 18.2 Å². The summed E-state index contributed by atoms with van der Waals surface area (Å²) in [6, 6.07) is 6.19. The molecule has 0 aliphatic carbocycles. The first kappa shape index (κ1) is 16.5. The van der Waals surface area contributed by atoms with Crippen molar-refractivity contribution < 1.29 is 18.3 Å². The molecule has 0 aliphatic rings. The molecule has 0 amide bonds. The summed E-state index contributed by atoms with van der Waals surface area (Å²) in [5.74, 6) is -4.77. The van der Waals surface area contributed by atoms with Crippen LogP contribution in [0.2, 0.25) is 0 Å². The normalized spacial score (nSPS) is 14.7. The van der Waals surface area contributed by atoms with Crippen molar-refractivity contribution in [2.75, 3.05) is 6.54 Å². The van der Waals surface area contributed by atoms with E-state index < -0.39 is 35.1 Å². The highest BCUT2D eigenvalue weighted by Gasteiger charge is 2.56. The van der Waals surface area contributed by atoms with Gasteiger partial charge in [-0.25, -0.2) is 4.39 Å². The summed E-state index contributed by atoms with van der Waals surface area (Å²) >= 11 is 0. The molecular formula is C16H17F3N2O. The van der Waals surface area contributed by atoms with Crippen molar-refractivity contribution in [3.8, 4) is 0 Å². The molecule has 0 saturated carbocycles. The Morgan fingerprint density at radius 3 is 2.27 bits per heavy atom. The zero-order valence-corrected chi connectivity index (χ0v) is 12.3. The Hall–Kier alpha value is -1.92. The lowest BCUT2D eigenvalue weighted by molar-refractivity contribution is -0.193. The summed E-state index contributed by atoms with van der Waals surface area (Å²) < 4.78 is 43.6. The Balaban J connectivity index is 2.59. The molecule has 22 heavy (non-hydrogen) atoms. The molecular weight excluding hydrogens is 293 g/mol. The first-order valence-corrected chi connectivity index (χ1v) is 6.72. The monoisotopic (exact) mass is 310 g/mol. The van der Waals surface area contributed by atoms with Crippen LogP contribution in [-0.2, 0) is 11.5 Å². The number of hydrogen-bond donors (Lipinski definition) is 2. The highest BCUT2D eigenvalue weighted by molar-refractivity contribution is 5.33. The number of halogens is 3. The molecule has 0 fully saturated rings. The van der Waals surface area contributed by atoms with Crippen LogP contribution in [0.3, 0.4) is 0 Å². The zero-order chi connectivity index (χ0) is 16.5. The Bertz CT molecular complexity index is 674. The Kier molecular flexibility index (Phi) is 4.26. The maximum atomic E-state index is 14.7. The summed E-state index contributed by atoms with van der Waals surface area (Å²) in [7, 11) is 0. The molecule has 0 radical (unpaired) electrons. The van der Waals surface area contributed by atoms with Crippen molar-refractivity contribution in [1.29, 1.82) is 0 Å². The third kappa shape index (κ3) is 2.60. The summed E-state index contributed by atoms with van der Waals surface area (Å²) in [6.07, 6.45) is 1.26. The van der Waals surface area contributed by atoms with Crippen molar-refractivity contribution in [2.24, 2.45) is 5.73 Å². The molecule has 6 heteroatoms. The second-order valence-electron chi connectivity index (χ2n) is 5.34. The Morgan fingerprint density at radius 1 is 1.14 bits per heavy atom. The van der Waals surface area contributed by atoms with E-state index in [1.165, 1.54) is 18.3 Å². The number of rotatable bonds is 4. The van der Waals surface area contributed by atoms with Crippen LogP contribution >= 0.6 is 0 Å². The van der Waals surface area contributed by atoms with Crippen LogP contribution in [0, 0.1) is 19.7 Å². The molecule has 0 bridgehead atoms. The van der Waals surface area contributed by atoms with E-state index >= 15 is 0 Å². The summed E-state index contributed by atoms with van der Waals surface area (Å²) in [5, 5.41) is 10.5. The number of alkyl halides is 2. The second kappa shape index (κ2) is 5.70. The fourth-order valence-corrected chi connectivity index (χ4v) is 2.23. The SMILES string of the molecule is Cc1ccc(C(F)(F)[C@@](O)(CN)c2ccc(C)cc2F)nc1. The minimum atomic E-state index is -3.84. The van der Waals surface area contributed by atoms with Crippen LogP contribution in [0.4, 0.5) is 13.2 Å². The molecule has 3 nitrogen and oxygen atoms in total. The van der Waals surface area contributed by atoms with Crippen molar-refractivity contribution in [2.45, 2.75) is 25.4 Å². The van der Waals surface area contributed by atoms with Crippen molar-refractivity contribution in [1.82, 2.24) is 4.98 Å². The lowest BCUT2D eigenvalue weighted by Crippen LogP contribution is -2.50. The molecule has 1 aromatic carbocycles. The summed E-state index contributed by atoms with van der Waals surface area (Å²) in [6.45, 7) is 2.47. The first-order valence-electron chi connectivity index (χ1n) is 6.72. The maximum Gasteiger partial charge on any atom is 0.323 e. The molecule has 1 heterocycles. The second-order valence-corrected chi connectivity index (χ2v) is 5.34. The number of aryl methyl sites for hydroxylation is 2. The molecule has 2 rings (SSSR count). The van der Waals surface area contributed by atoms with Gasteiger partial charge in [0.1, 0.15) is 11.5 Å². The Morgan fingerprint density at radius 2 is 1.77 bits per heavy atom. The van der Waals surface area contributed by atoms with Gasteiger partial charge in [0.25, 0.3) is 0 Å². The number of nitrogens with two attached hydrogens (primary N) is 1. The minimum absolute atomic E-state index is 0.548. The number of aromatic nitrogens is 1. The molecule has 118 valence electrons. The standard InChI is InChI=1S/C16H17F3N2O/c1-10-3-5-12(13(17)7-10)15(22,9-20)16(18,19)14-6-4-11(2)8-21-14/h3-8,22H,9,20H2,1-2H3/t15-/m1/s1. The van der Waals surface area contributed by atoms with Gasteiger partial charge >= 0.3 is 5.92 Å². The van der Waals surface area contributed by atoms with Crippen LogP contribution < -0.4 is 5.73 Å². The lowest BCUT2D eigenvalue weighted by Gasteiger charge is -2.35. The van der Waals surface area contributed by atoms with E-state index in [1.807, 2.05) is 0 Å². The quantitative estimate of drug-likeness (QED) is 0.913. The predicted molar refractivity (Wildman–Crippen MR) is 77.0 cm³/mol. The number of pyridine rings is 1. The molecule has 1 atom stereocenters. The van der Waals surface area contributed by atoms with E-state index in [2.05, 4.69) is 4.98 Å². The van der Waals surface area contributed by atoms with Gasteiger partial charge in [-0.1, -0.05) is 18.2 Å². The molecule has 0 unspecified atom stereocenters. The number of benzene rings is 1. The third-order valence-corrected chi connectivity index (χ3v) is 3.62. The third-order valence-electron chi connectivity index (χ3n) is 3.62. The van der Waals surface area contributed by atoms with Gasteiger partial charge in [0, 0.05) is 18.3 Å². The van der Waals surface area contributed by atoms with Crippen LogP contribution in [0.25, 0.3) is 0 Å². The molecule has 0 aliphatic heterocycles. The highest BCUT2D eigenvalue weighted by atomic mass is 19.3. The number of hydrogen-bond acceptors (Lipinski definition) is 3. The van der Waals surface area contributed by atoms with E-state index in [4.69, 9.17) is 5.73 Å². The molecule has 2 aromatic rings. The lowest BCUT2D eigenvalue weighted by atomic mass is 9.84.